The number of nitrogen functional groups attached to an aromatic ring is 1. The summed E-state index contributed by atoms with van der Waals surface area (Å²) in [6.07, 6.45) is 1.90. The van der Waals surface area contributed by atoms with Crippen LogP contribution in [-0.2, 0) is 0 Å². The second-order valence-electron chi connectivity index (χ2n) is 4.22. The highest BCUT2D eigenvalue weighted by Crippen LogP contribution is 2.27. The molecule has 3 nitrogen and oxygen atoms in total. The number of H-pyrrole nitrogens is 1. The zero-order valence-corrected chi connectivity index (χ0v) is 9.41. The van der Waals surface area contributed by atoms with Gasteiger partial charge < -0.3 is 4.98 Å². The maximum Gasteiger partial charge on any atom is 0.232 e. The van der Waals surface area contributed by atoms with Crippen LogP contribution in [0.15, 0.2) is 30.5 Å². The first-order valence-corrected chi connectivity index (χ1v) is 5.36. The fourth-order valence-corrected chi connectivity index (χ4v) is 2.24. The van der Waals surface area contributed by atoms with E-state index in [1.165, 1.54) is 21.9 Å². The van der Waals surface area contributed by atoms with E-state index in [2.05, 4.69) is 36.2 Å². The van der Waals surface area contributed by atoms with Crippen molar-refractivity contribution in [2.45, 2.75) is 13.8 Å². The molecule has 0 fully saturated rings. The van der Waals surface area contributed by atoms with Gasteiger partial charge in [-0.05, 0) is 12.5 Å². The number of fused-ring (bicyclic) bond motifs is 3. The highest BCUT2D eigenvalue weighted by atomic mass is 15.3. The Balaban J connectivity index is 2.60. The van der Waals surface area contributed by atoms with E-state index in [1.807, 2.05) is 13.1 Å². The van der Waals surface area contributed by atoms with Crippen LogP contribution in [-0.4, -0.2) is 4.98 Å². The van der Waals surface area contributed by atoms with Crippen molar-refractivity contribution >= 4 is 21.8 Å². The minimum atomic E-state index is 1.05. The Kier molecular flexibility index (Phi) is 1.72. The average molecular weight is 212 g/mol. The van der Waals surface area contributed by atoms with Crippen LogP contribution >= 0.6 is 0 Å². The first kappa shape index (κ1) is 9.21. The fraction of sp³-hybridized carbons (Fsp3) is 0.154. The maximum absolute atomic E-state index is 5.84. The number of benzene rings is 1. The minimum Gasteiger partial charge on any atom is -0.349 e. The first-order chi connectivity index (χ1) is 7.68. The van der Waals surface area contributed by atoms with E-state index >= 15 is 0 Å². The molecule has 80 valence electrons. The molecule has 1 aromatic carbocycles. The number of aromatic amines is 1. The smallest absolute Gasteiger partial charge is 0.232 e. The number of nitrogens with one attached hydrogen (secondary N) is 1. The predicted octanol–water partition coefficient (Wildman–Crippen LogP) is 1.94. The number of aromatic nitrogens is 2. The van der Waals surface area contributed by atoms with Crippen LogP contribution < -0.4 is 10.5 Å². The molecule has 16 heavy (non-hydrogen) atoms. The summed E-state index contributed by atoms with van der Waals surface area (Å²) in [6, 6.07) is 8.40. The molecule has 3 N–H and O–H groups in total. The average Bonchev–Trinajstić information content (AvgIpc) is 2.65. The molecule has 0 amide bonds. The Morgan fingerprint density at radius 2 is 1.81 bits per heavy atom. The number of aryl methyl sites for hydroxylation is 2. The Morgan fingerprint density at radius 3 is 2.62 bits per heavy atom. The van der Waals surface area contributed by atoms with Gasteiger partial charge in [0.1, 0.15) is 5.52 Å². The minimum absolute atomic E-state index is 1.05. The van der Waals surface area contributed by atoms with E-state index in [4.69, 9.17) is 5.84 Å². The summed E-state index contributed by atoms with van der Waals surface area (Å²) in [4.78, 5) is 3.45. The second kappa shape index (κ2) is 2.98. The van der Waals surface area contributed by atoms with Crippen LogP contribution in [0.2, 0.25) is 0 Å². The number of hydrogen-bond acceptors (Lipinski definition) is 1. The van der Waals surface area contributed by atoms with Gasteiger partial charge in [-0.15, -0.1) is 0 Å². The summed E-state index contributed by atoms with van der Waals surface area (Å²) >= 11 is 0. The predicted molar refractivity (Wildman–Crippen MR) is 65.6 cm³/mol. The Morgan fingerprint density at radius 1 is 1.06 bits per heavy atom. The Labute approximate surface area is 93.5 Å². The van der Waals surface area contributed by atoms with Crippen LogP contribution in [0.4, 0.5) is 0 Å². The zero-order chi connectivity index (χ0) is 11.3. The molecule has 0 bridgehead atoms. The molecule has 0 unspecified atom stereocenters. The van der Waals surface area contributed by atoms with Crippen LogP contribution in [0, 0.1) is 13.8 Å². The van der Waals surface area contributed by atoms with E-state index in [1.54, 1.807) is 4.68 Å². The number of nitrogens with zero attached hydrogens (tertiary/aromatic N) is 1. The van der Waals surface area contributed by atoms with Crippen molar-refractivity contribution in [1.82, 2.24) is 4.98 Å². The van der Waals surface area contributed by atoms with Gasteiger partial charge in [0.15, 0.2) is 6.20 Å². The van der Waals surface area contributed by atoms with Crippen molar-refractivity contribution < 1.29 is 4.68 Å². The molecule has 0 aliphatic heterocycles. The second-order valence-corrected chi connectivity index (χ2v) is 4.22. The van der Waals surface area contributed by atoms with Gasteiger partial charge in [-0.3, -0.25) is 0 Å². The van der Waals surface area contributed by atoms with Crippen molar-refractivity contribution in [1.29, 1.82) is 0 Å². The normalized spacial score (nSPS) is 11.4. The summed E-state index contributed by atoms with van der Waals surface area (Å²) in [5.41, 5.74) is 4.63. The van der Waals surface area contributed by atoms with Gasteiger partial charge in [-0.2, -0.15) is 0 Å². The van der Waals surface area contributed by atoms with Gasteiger partial charge in [-0.25, -0.2) is 5.84 Å². The van der Waals surface area contributed by atoms with Gasteiger partial charge in [0.25, 0.3) is 0 Å². The van der Waals surface area contributed by atoms with Crippen LogP contribution in [0.25, 0.3) is 21.8 Å². The van der Waals surface area contributed by atoms with Gasteiger partial charge >= 0.3 is 0 Å². The molecular formula is C13H14N3+. The number of para-hydroxylation sites is 1. The Hall–Kier alpha value is -2.03. The molecule has 2 aromatic heterocycles. The van der Waals surface area contributed by atoms with E-state index in [0.29, 0.717) is 0 Å². The molecule has 0 saturated heterocycles. The van der Waals surface area contributed by atoms with Crippen molar-refractivity contribution in [3.05, 3.63) is 41.7 Å². The molecule has 0 aliphatic rings. The molecule has 3 aromatic rings. The summed E-state index contributed by atoms with van der Waals surface area (Å²) < 4.78 is 1.65. The van der Waals surface area contributed by atoms with Crippen molar-refractivity contribution in [3.8, 4) is 0 Å². The number of pyridine rings is 1. The molecule has 0 saturated carbocycles. The van der Waals surface area contributed by atoms with E-state index < -0.39 is 0 Å². The van der Waals surface area contributed by atoms with Crippen LogP contribution in [0.1, 0.15) is 11.3 Å². The fourth-order valence-electron chi connectivity index (χ4n) is 2.24. The van der Waals surface area contributed by atoms with Crippen molar-refractivity contribution in [3.63, 3.8) is 0 Å². The topological polar surface area (TPSA) is 45.7 Å². The number of hydrogen-bond donors (Lipinski definition) is 2. The zero-order valence-electron chi connectivity index (χ0n) is 9.41. The van der Waals surface area contributed by atoms with Crippen LogP contribution in [0.3, 0.4) is 0 Å². The van der Waals surface area contributed by atoms with E-state index in [-0.39, 0.29) is 0 Å². The summed E-state index contributed by atoms with van der Waals surface area (Å²) in [5.74, 6) is 5.84. The van der Waals surface area contributed by atoms with Crippen LogP contribution in [0.5, 0.6) is 0 Å². The van der Waals surface area contributed by atoms with Gasteiger partial charge in [0.2, 0.25) is 5.69 Å². The third-order valence-electron chi connectivity index (χ3n) is 3.23. The van der Waals surface area contributed by atoms with Gasteiger partial charge in [-0.1, -0.05) is 22.9 Å². The molecule has 3 heteroatoms. The molecule has 0 spiro atoms. The lowest BCUT2D eigenvalue weighted by molar-refractivity contribution is -0.643. The lowest BCUT2D eigenvalue weighted by Crippen LogP contribution is -2.46. The third-order valence-corrected chi connectivity index (χ3v) is 3.23. The van der Waals surface area contributed by atoms with Crippen molar-refractivity contribution in [2.24, 2.45) is 0 Å². The van der Waals surface area contributed by atoms with Crippen molar-refractivity contribution in [2.75, 3.05) is 5.84 Å². The monoisotopic (exact) mass is 212 g/mol. The highest BCUT2D eigenvalue weighted by Gasteiger charge is 2.13. The SMILES string of the molecule is Cc1cccc2c1[nH]c1c(C)[n+](N)ccc12. The molecular weight excluding hydrogens is 198 g/mol. The standard InChI is InChI=1S/C13H13N3/c1-8-4-3-5-10-11-6-7-16(14)9(2)13(11)15-12(8)10/h3-7H,14H2,1-2H3/p+1. The summed E-state index contributed by atoms with van der Waals surface area (Å²) in [6.45, 7) is 4.14. The summed E-state index contributed by atoms with van der Waals surface area (Å²) in [7, 11) is 0. The molecule has 0 aliphatic carbocycles. The highest BCUT2D eigenvalue weighted by molar-refractivity contribution is 6.08. The maximum atomic E-state index is 5.84. The van der Waals surface area contributed by atoms with Gasteiger partial charge in [0, 0.05) is 29.3 Å². The van der Waals surface area contributed by atoms with E-state index in [0.717, 1.165) is 11.2 Å². The molecule has 2 heterocycles. The van der Waals surface area contributed by atoms with E-state index in [9.17, 15) is 0 Å². The number of rotatable bonds is 0. The third kappa shape index (κ3) is 1.05. The molecule has 0 atom stereocenters. The molecule has 3 rings (SSSR count). The largest absolute Gasteiger partial charge is 0.349 e. The quantitative estimate of drug-likeness (QED) is 0.434. The lowest BCUT2D eigenvalue weighted by Gasteiger charge is -1.93. The van der Waals surface area contributed by atoms with Gasteiger partial charge in [0.05, 0.1) is 0 Å². The molecule has 0 radical (unpaired) electrons. The summed E-state index contributed by atoms with van der Waals surface area (Å²) in [5, 5.41) is 2.50. The first-order valence-electron chi connectivity index (χ1n) is 5.36. The Bertz CT molecular complexity index is 695. The lowest BCUT2D eigenvalue weighted by atomic mass is 10.1. The number of nitrogens with two attached hydrogens (primary N) is 1.